The van der Waals surface area contributed by atoms with Crippen molar-refractivity contribution in [1.29, 1.82) is 0 Å². The van der Waals surface area contributed by atoms with Crippen LogP contribution in [0.5, 0.6) is 0 Å². The van der Waals surface area contributed by atoms with Gasteiger partial charge < -0.3 is 29.2 Å². The molecule has 0 saturated heterocycles. The van der Waals surface area contributed by atoms with E-state index in [-0.39, 0.29) is 13.2 Å². The summed E-state index contributed by atoms with van der Waals surface area (Å²) < 4.78 is 19.3. The molecule has 0 aliphatic rings. The first-order valence-electron chi connectivity index (χ1n) is 6.01. The maximum absolute atomic E-state index is 10.9. The number of ether oxygens (including phenoxy) is 4. The molecule has 4 atom stereocenters. The molecule has 0 saturated carbocycles. The molecule has 0 aliphatic carbocycles. The second kappa shape index (κ2) is 9.65. The first kappa shape index (κ1) is 18.8. The van der Waals surface area contributed by atoms with Gasteiger partial charge in [0.2, 0.25) is 0 Å². The minimum atomic E-state index is -1.45. The van der Waals surface area contributed by atoms with Crippen LogP contribution in [0.15, 0.2) is 0 Å². The van der Waals surface area contributed by atoms with Crippen molar-refractivity contribution in [3.63, 3.8) is 0 Å². The van der Waals surface area contributed by atoms with Crippen molar-refractivity contribution in [3.05, 3.63) is 0 Å². The highest BCUT2D eigenvalue weighted by molar-refractivity contribution is 5.66. The number of carbonyl (C=O) groups is 2. The Kier molecular flexibility index (Phi) is 9.06. The van der Waals surface area contributed by atoms with Gasteiger partial charge in [0.1, 0.15) is 24.9 Å². The highest BCUT2D eigenvalue weighted by Crippen LogP contribution is 2.12. The van der Waals surface area contributed by atoms with Crippen molar-refractivity contribution >= 4 is 11.9 Å². The summed E-state index contributed by atoms with van der Waals surface area (Å²) >= 11 is 0. The summed E-state index contributed by atoms with van der Waals surface area (Å²) in [7, 11) is 2.66. The Balaban J connectivity index is 4.68. The molecule has 2 N–H and O–H groups in total. The third-order valence-electron chi connectivity index (χ3n) is 2.51. The Labute approximate surface area is 117 Å². The lowest BCUT2D eigenvalue weighted by Gasteiger charge is -2.29. The average molecular weight is 294 g/mol. The summed E-state index contributed by atoms with van der Waals surface area (Å²) in [5.41, 5.74) is 0. The number of rotatable bonds is 9. The lowest BCUT2D eigenvalue weighted by atomic mass is 10.0. The first-order chi connectivity index (χ1) is 9.33. The zero-order valence-corrected chi connectivity index (χ0v) is 12.1. The van der Waals surface area contributed by atoms with Crippen LogP contribution in [-0.2, 0) is 28.5 Å². The van der Waals surface area contributed by atoms with Gasteiger partial charge in [-0.25, -0.2) is 0 Å². The number of carbonyl (C=O) groups excluding carboxylic acids is 2. The minimum Gasteiger partial charge on any atom is -0.463 e. The molecule has 118 valence electrons. The highest BCUT2D eigenvalue weighted by Gasteiger charge is 2.35. The third kappa shape index (κ3) is 6.80. The van der Waals surface area contributed by atoms with Crippen LogP contribution in [0, 0.1) is 0 Å². The molecule has 0 heterocycles. The van der Waals surface area contributed by atoms with Crippen LogP contribution >= 0.6 is 0 Å². The zero-order valence-electron chi connectivity index (χ0n) is 12.1. The van der Waals surface area contributed by atoms with Crippen molar-refractivity contribution in [1.82, 2.24) is 0 Å². The first-order valence-corrected chi connectivity index (χ1v) is 6.01. The van der Waals surface area contributed by atoms with E-state index in [9.17, 15) is 19.8 Å². The van der Waals surface area contributed by atoms with E-state index in [2.05, 4.69) is 0 Å². The standard InChI is InChI=1S/C12H22O8/c1-7(13)19-6-9(18-4)11(15)12(16)10(5-17-3)20-8(2)14/h9-12,15-16H,5-6H2,1-4H3/t9-,10+,11+,12-/m0/s1. The summed E-state index contributed by atoms with van der Waals surface area (Å²) in [5.74, 6) is -1.16. The maximum atomic E-state index is 10.9. The van der Waals surface area contributed by atoms with Gasteiger partial charge >= 0.3 is 11.9 Å². The van der Waals surface area contributed by atoms with Crippen LogP contribution in [0.4, 0.5) is 0 Å². The molecule has 0 aliphatic heterocycles. The highest BCUT2D eigenvalue weighted by atomic mass is 16.6. The molecule has 0 aromatic rings. The van der Waals surface area contributed by atoms with Gasteiger partial charge in [0.05, 0.1) is 6.61 Å². The van der Waals surface area contributed by atoms with Gasteiger partial charge in [0.25, 0.3) is 0 Å². The van der Waals surface area contributed by atoms with E-state index >= 15 is 0 Å². The molecular weight excluding hydrogens is 272 g/mol. The molecule has 0 aromatic carbocycles. The van der Waals surface area contributed by atoms with Crippen LogP contribution in [0.3, 0.4) is 0 Å². The number of aliphatic hydroxyl groups is 2. The van der Waals surface area contributed by atoms with Crippen LogP contribution in [0.25, 0.3) is 0 Å². The fourth-order valence-corrected chi connectivity index (χ4v) is 1.53. The van der Waals surface area contributed by atoms with Gasteiger partial charge in [0.15, 0.2) is 6.10 Å². The lowest BCUT2D eigenvalue weighted by Crippen LogP contribution is -2.49. The number of methoxy groups -OCH3 is 2. The Hall–Kier alpha value is -1.22. The van der Waals surface area contributed by atoms with Gasteiger partial charge in [-0.2, -0.15) is 0 Å². The fourth-order valence-electron chi connectivity index (χ4n) is 1.53. The topological polar surface area (TPSA) is 112 Å². The van der Waals surface area contributed by atoms with Crippen molar-refractivity contribution in [3.8, 4) is 0 Å². The number of hydrogen-bond acceptors (Lipinski definition) is 8. The van der Waals surface area contributed by atoms with Crippen LogP contribution < -0.4 is 0 Å². The van der Waals surface area contributed by atoms with E-state index in [0.29, 0.717) is 0 Å². The van der Waals surface area contributed by atoms with Gasteiger partial charge in [0, 0.05) is 28.1 Å². The van der Waals surface area contributed by atoms with Crippen LogP contribution in [0.2, 0.25) is 0 Å². The fraction of sp³-hybridized carbons (Fsp3) is 0.833. The molecule has 0 rings (SSSR count). The Bertz CT molecular complexity index is 306. The third-order valence-corrected chi connectivity index (χ3v) is 2.51. The molecule has 0 amide bonds. The number of aliphatic hydroxyl groups excluding tert-OH is 2. The molecule has 0 spiro atoms. The largest absolute Gasteiger partial charge is 0.463 e. The summed E-state index contributed by atoms with van der Waals surface area (Å²) in [6, 6.07) is 0. The maximum Gasteiger partial charge on any atom is 0.303 e. The summed E-state index contributed by atoms with van der Waals surface area (Å²) in [5, 5.41) is 20.0. The van der Waals surface area contributed by atoms with E-state index in [1.54, 1.807) is 0 Å². The second-order valence-corrected chi connectivity index (χ2v) is 4.16. The van der Waals surface area contributed by atoms with E-state index in [0.717, 1.165) is 0 Å². The zero-order chi connectivity index (χ0) is 15.7. The van der Waals surface area contributed by atoms with E-state index in [4.69, 9.17) is 18.9 Å². The quantitative estimate of drug-likeness (QED) is 0.514. The molecular formula is C12H22O8. The summed E-state index contributed by atoms with van der Waals surface area (Å²) in [6.07, 6.45) is -4.87. The summed E-state index contributed by atoms with van der Waals surface area (Å²) in [6.45, 7) is 2.06. The van der Waals surface area contributed by atoms with E-state index in [1.807, 2.05) is 0 Å². The molecule has 0 bridgehead atoms. The normalized spacial score (nSPS) is 16.9. The van der Waals surface area contributed by atoms with Crippen LogP contribution in [-0.4, -0.2) is 74.0 Å². The van der Waals surface area contributed by atoms with Gasteiger partial charge in [-0.3, -0.25) is 9.59 Å². The molecule has 0 aromatic heterocycles. The van der Waals surface area contributed by atoms with Crippen molar-refractivity contribution in [2.75, 3.05) is 27.4 Å². The molecule has 0 fully saturated rings. The predicted octanol–water partition coefficient (Wildman–Crippen LogP) is -1.14. The van der Waals surface area contributed by atoms with Gasteiger partial charge in [-0.15, -0.1) is 0 Å². The predicted molar refractivity (Wildman–Crippen MR) is 66.9 cm³/mol. The molecule has 0 radical (unpaired) electrons. The number of hydrogen-bond donors (Lipinski definition) is 2. The van der Waals surface area contributed by atoms with E-state index < -0.39 is 36.4 Å². The molecule has 8 heteroatoms. The van der Waals surface area contributed by atoms with Crippen molar-refractivity contribution < 1.29 is 38.7 Å². The Morgan fingerprint density at radius 1 is 0.950 bits per heavy atom. The molecule has 0 unspecified atom stereocenters. The average Bonchev–Trinajstić information content (AvgIpc) is 2.37. The monoisotopic (exact) mass is 294 g/mol. The van der Waals surface area contributed by atoms with Crippen molar-refractivity contribution in [2.24, 2.45) is 0 Å². The van der Waals surface area contributed by atoms with E-state index in [1.165, 1.54) is 28.1 Å². The molecule has 8 nitrogen and oxygen atoms in total. The van der Waals surface area contributed by atoms with Crippen molar-refractivity contribution in [2.45, 2.75) is 38.3 Å². The second-order valence-electron chi connectivity index (χ2n) is 4.16. The smallest absolute Gasteiger partial charge is 0.303 e. The lowest BCUT2D eigenvalue weighted by molar-refractivity contribution is -0.174. The molecule has 20 heavy (non-hydrogen) atoms. The van der Waals surface area contributed by atoms with Gasteiger partial charge in [-0.05, 0) is 0 Å². The Morgan fingerprint density at radius 2 is 1.50 bits per heavy atom. The minimum absolute atomic E-state index is 0.0954. The number of esters is 2. The Morgan fingerprint density at radius 3 is 1.90 bits per heavy atom. The van der Waals surface area contributed by atoms with Crippen LogP contribution in [0.1, 0.15) is 13.8 Å². The van der Waals surface area contributed by atoms with Gasteiger partial charge in [-0.1, -0.05) is 0 Å². The summed E-state index contributed by atoms with van der Waals surface area (Å²) in [4.78, 5) is 21.7. The SMILES string of the molecule is COC[C@@H](OC(C)=O)[C@H](O)[C@H](O)[C@H](COC(C)=O)OC.